The summed E-state index contributed by atoms with van der Waals surface area (Å²) < 4.78 is 4.38. The van der Waals surface area contributed by atoms with Gasteiger partial charge in [0.25, 0.3) is 5.91 Å². The summed E-state index contributed by atoms with van der Waals surface area (Å²) >= 11 is 10.1. The predicted molar refractivity (Wildman–Crippen MR) is 148 cm³/mol. The number of esters is 1. The number of benzene rings is 2. The molecule has 38 heavy (non-hydrogen) atoms. The molecule has 1 N–H and O–H groups in total. The zero-order chi connectivity index (χ0) is 27.7. The number of carbonyl (C=O) groups is 4. The van der Waals surface area contributed by atoms with Crippen molar-refractivity contribution in [3.63, 3.8) is 0 Å². The zero-order valence-electron chi connectivity index (χ0n) is 21.2. The molecule has 0 bridgehead atoms. The van der Waals surface area contributed by atoms with Crippen molar-refractivity contribution in [2.45, 2.75) is 18.1 Å². The van der Waals surface area contributed by atoms with Crippen LogP contribution >= 0.6 is 24.2 Å². The molecular weight excluding hydrogens is 530 g/mol. The summed E-state index contributed by atoms with van der Waals surface area (Å²) in [6.07, 6.45) is 0.485. The molecule has 2 aromatic rings. The molecule has 3 rings (SSSR count). The highest BCUT2D eigenvalue weighted by atomic mass is 35.5. The molecule has 2 amide bonds. The molecule has 11 heteroatoms. The Bertz CT molecular complexity index is 1120. The molecule has 0 aromatic heterocycles. The van der Waals surface area contributed by atoms with E-state index >= 15 is 0 Å². The fraction of sp³-hybridized carbons (Fsp3) is 0.407. The summed E-state index contributed by atoms with van der Waals surface area (Å²) in [5.74, 6) is -2.55. The number of thiol groups is 1. The van der Waals surface area contributed by atoms with E-state index in [0.717, 1.165) is 38.2 Å². The van der Waals surface area contributed by atoms with Gasteiger partial charge in [0.2, 0.25) is 11.7 Å². The fourth-order valence-corrected chi connectivity index (χ4v) is 4.62. The first-order valence-corrected chi connectivity index (χ1v) is 13.2. The first-order valence-electron chi connectivity index (χ1n) is 12.3. The van der Waals surface area contributed by atoms with Gasteiger partial charge >= 0.3 is 5.97 Å². The number of Topliss-reactive ketones (excluding diaryl/α,β-unsaturated/α-hetero) is 1. The van der Waals surface area contributed by atoms with Crippen molar-refractivity contribution >= 4 is 53.5 Å². The van der Waals surface area contributed by atoms with Crippen LogP contribution in [-0.2, 0) is 25.5 Å². The maximum absolute atomic E-state index is 13.1. The van der Waals surface area contributed by atoms with Gasteiger partial charge in [0, 0.05) is 62.0 Å². The number of amides is 2. The first kappa shape index (κ1) is 29.6. The quantitative estimate of drug-likeness (QED) is 0.246. The molecule has 1 aliphatic heterocycles. The lowest BCUT2D eigenvalue weighted by atomic mass is 10.1. The minimum Gasteiger partial charge on any atom is -0.463 e. The van der Waals surface area contributed by atoms with Crippen LogP contribution in [0.1, 0.15) is 22.3 Å². The third kappa shape index (κ3) is 8.04. The number of hydrogen-bond donors (Lipinski definition) is 2. The van der Waals surface area contributed by atoms with Gasteiger partial charge in [-0.3, -0.25) is 19.3 Å². The number of methoxy groups -OCH3 is 1. The second-order valence-electron chi connectivity index (χ2n) is 8.91. The predicted octanol–water partition coefficient (Wildman–Crippen LogP) is 2.10. The minimum atomic E-state index is -1.09. The lowest BCUT2D eigenvalue weighted by Crippen LogP contribution is -2.49. The van der Waals surface area contributed by atoms with Crippen molar-refractivity contribution in [1.29, 1.82) is 0 Å². The Morgan fingerprint density at radius 1 is 1.03 bits per heavy atom. The molecule has 2 aromatic carbocycles. The molecule has 1 unspecified atom stereocenters. The first-order chi connectivity index (χ1) is 18.2. The third-order valence-corrected chi connectivity index (χ3v) is 7.04. The van der Waals surface area contributed by atoms with Crippen LogP contribution in [0, 0.1) is 0 Å². The Morgan fingerprint density at radius 2 is 1.66 bits per heavy atom. The molecule has 1 fully saturated rings. The summed E-state index contributed by atoms with van der Waals surface area (Å²) in [5.41, 5.74) is 2.15. The topological polar surface area (TPSA) is 107 Å². The van der Waals surface area contributed by atoms with Crippen LogP contribution in [0.2, 0.25) is 5.02 Å². The zero-order valence-corrected chi connectivity index (χ0v) is 22.9. The third-order valence-electron chi connectivity index (χ3n) is 6.38. The van der Waals surface area contributed by atoms with Gasteiger partial charge in [0.05, 0.1) is 19.0 Å². The van der Waals surface area contributed by atoms with Crippen LogP contribution in [0.25, 0.3) is 0 Å². The number of hydrogen-bond acceptors (Lipinski definition) is 8. The SMILES string of the molecule is COC(=O)C(=O)CC(S)C(=O)N(CCO)c1ccc(C(=O)N2CCN(CCc3ccc(Cl)cc3)CC2)cc1. The largest absolute Gasteiger partial charge is 0.463 e. The smallest absolute Gasteiger partial charge is 0.374 e. The van der Waals surface area contributed by atoms with Gasteiger partial charge < -0.3 is 19.6 Å². The van der Waals surface area contributed by atoms with E-state index in [2.05, 4.69) is 22.3 Å². The van der Waals surface area contributed by atoms with Crippen molar-refractivity contribution in [3.8, 4) is 0 Å². The average molecular weight is 562 g/mol. The molecule has 1 saturated heterocycles. The van der Waals surface area contributed by atoms with Crippen LogP contribution in [-0.4, -0.2) is 96.7 Å². The van der Waals surface area contributed by atoms with Crippen LogP contribution in [0.15, 0.2) is 48.5 Å². The van der Waals surface area contributed by atoms with E-state index in [1.165, 1.54) is 10.5 Å². The van der Waals surface area contributed by atoms with Crippen LogP contribution in [0.4, 0.5) is 5.69 Å². The van der Waals surface area contributed by atoms with Gasteiger partial charge in [-0.15, -0.1) is 0 Å². The molecule has 204 valence electrons. The molecule has 0 radical (unpaired) electrons. The number of carbonyl (C=O) groups excluding carboxylic acids is 4. The van der Waals surface area contributed by atoms with Crippen molar-refractivity contribution in [1.82, 2.24) is 9.80 Å². The maximum Gasteiger partial charge on any atom is 0.374 e. The number of piperazine rings is 1. The molecule has 1 aliphatic rings. The Balaban J connectivity index is 1.55. The van der Waals surface area contributed by atoms with Crippen LogP contribution in [0.5, 0.6) is 0 Å². The number of rotatable bonds is 11. The van der Waals surface area contributed by atoms with Crippen molar-refractivity contribution in [2.24, 2.45) is 0 Å². The molecule has 1 atom stereocenters. The summed E-state index contributed by atoms with van der Waals surface area (Å²) in [7, 11) is 1.08. The minimum absolute atomic E-state index is 0.0341. The lowest BCUT2D eigenvalue weighted by molar-refractivity contribution is -0.151. The molecule has 0 aliphatic carbocycles. The highest BCUT2D eigenvalue weighted by Crippen LogP contribution is 2.20. The van der Waals surface area contributed by atoms with Gasteiger partial charge in [-0.1, -0.05) is 23.7 Å². The van der Waals surface area contributed by atoms with Crippen LogP contribution in [0.3, 0.4) is 0 Å². The highest BCUT2D eigenvalue weighted by molar-refractivity contribution is 7.81. The lowest BCUT2D eigenvalue weighted by Gasteiger charge is -2.35. The molecule has 9 nitrogen and oxygen atoms in total. The number of ketones is 1. The Hall–Kier alpha value is -2.92. The van der Waals surface area contributed by atoms with E-state index in [4.69, 9.17) is 11.6 Å². The van der Waals surface area contributed by atoms with E-state index < -0.39 is 29.3 Å². The highest BCUT2D eigenvalue weighted by Gasteiger charge is 2.28. The summed E-state index contributed by atoms with van der Waals surface area (Å²) in [6, 6.07) is 14.3. The van der Waals surface area contributed by atoms with Crippen LogP contribution < -0.4 is 4.90 Å². The number of anilines is 1. The van der Waals surface area contributed by atoms with E-state index in [0.29, 0.717) is 24.3 Å². The number of aliphatic hydroxyl groups excluding tert-OH is 1. The monoisotopic (exact) mass is 561 g/mol. The standard InChI is InChI=1S/C27H32ClN3O6S/c1-37-27(36)23(33)18-24(38)26(35)31(16-17-32)22-8-4-20(5-9-22)25(34)30-14-12-29(13-15-30)11-10-19-2-6-21(28)7-3-19/h2-9,24,32,38H,10-18H2,1H3. The molecule has 0 spiro atoms. The average Bonchev–Trinajstić information content (AvgIpc) is 2.94. The van der Waals surface area contributed by atoms with E-state index in [9.17, 15) is 24.3 Å². The van der Waals surface area contributed by atoms with E-state index in [1.807, 2.05) is 29.2 Å². The Labute approximate surface area is 232 Å². The number of aliphatic hydroxyl groups is 1. The van der Waals surface area contributed by atoms with Crippen molar-refractivity contribution in [3.05, 3.63) is 64.7 Å². The van der Waals surface area contributed by atoms with Gasteiger partial charge in [-0.25, -0.2) is 4.79 Å². The van der Waals surface area contributed by atoms with Gasteiger partial charge in [0.1, 0.15) is 0 Å². The van der Waals surface area contributed by atoms with Gasteiger partial charge in [-0.05, 0) is 48.4 Å². The Kier molecular flexibility index (Phi) is 11.1. The maximum atomic E-state index is 13.1. The van der Waals surface area contributed by atoms with Gasteiger partial charge in [-0.2, -0.15) is 12.6 Å². The number of ether oxygens (including phenoxy) is 1. The fourth-order valence-electron chi connectivity index (χ4n) is 4.19. The summed E-state index contributed by atoms with van der Waals surface area (Å²) in [4.78, 5) is 54.6. The second kappa shape index (κ2) is 14.3. The molecule has 1 heterocycles. The van der Waals surface area contributed by atoms with Gasteiger partial charge in [0.15, 0.2) is 0 Å². The molecular formula is C27H32ClN3O6S. The number of halogens is 1. The van der Waals surface area contributed by atoms with Crippen molar-refractivity contribution in [2.75, 3.05) is 57.9 Å². The summed E-state index contributed by atoms with van der Waals surface area (Å²) in [6.45, 7) is 3.35. The van der Waals surface area contributed by atoms with E-state index in [1.54, 1.807) is 24.3 Å². The number of nitrogens with zero attached hydrogens (tertiary/aromatic N) is 3. The normalized spacial score (nSPS) is 14.6. The second-order valence-corrected chi connectivity index (χ2v) is 9.97. The molecule has 0 saturated carbocycles. The Morgan fingerprint density at radius 3 is 2.24 bits per heavy atom. The van der Waals surface area contributed by atoms with Crippen molar-refractivity contribution < 1.29 is 29.0 Å². The summed E-state index contributed by atoms with van der Waals surface area (Å²) in [5, 5.41) is 9.08. The van der Waals surface area contributed by atoms with E-state index in [-0.39, 0.29) is 19.1 Å².